The fraction of sp³-hybridized carbons (Fsp3) is 0.588. The summed E-state index contributed by atoms with van der Waals surface area (Å²) in [4.78, 5) is 14.3. The van der Waals surface area contributed by atoms with Crippen molar-refractivity contribution in [3.63, 3.8) is 0 Å². The van der Waals surface area contributed by atoms with Crippen molar-refractivity contribution in [3.05, 3.63) is 29.8 Å². The van der Waals surface area contributed by atoms with Gasteiger partial charge in [-0.25, -0.2) is 0 Å². The van der Waals surface area contributed by atoms with Gasteiger partial charge in [0.2, 0.25) is 0 Å². The number of nitrogens with zero attached hydrogens (tertiary/aromatic N) is 3. The molecule has 7 nitrogen and oxygen atoms in total. The van der Waals surface area contributed by atoms with Gasteiger partial charge in [-0.3, -0.25) is 4.79 Å². The van der Waals surface area contributed by atoms with Crippen molar-refractivity contribution in [2.75, 3.05) is 39.3 Å². The number of amides is 1. The van der Waals surface area contributed by atoms with Crippen LogP contribution in [0.1, 0.15) is 36.0 Å². The highest BCUT2D eigenvalue weighted by molar-refractivity contribution is 7.86. The molecule has 0 radical (unpaired) electrons. The smallest absolute Gasteiger partial charge is 0.282 e. The molecule has 0 unspecified atom stereocenters. The van der Waals surface area contributed by atoms with E-state index in [9.17, 15) is 18.3 Å². The zero-order valence-electron chi connectivity index (χ0n) is 14.3. The Bertz CT molecular complexity index is 716. The Hall–Kier alpha value is -1.64. The van der Waals surface area contributed by atoms with E-state index in [4.69, 9.17) is 0 Å². The van der Waals surface area contributed by atoms with E-state index in [0.717, 1.165) is 19.3 Å². The number of phenols is 1. The molecule has 25 heavy (non-hydrogen) atoms. The Morgan fingerprint density at radius 1 is 0.880 bits per heavy atom. The Labute approximate surface area is 149 Å². The Morgan fingerprint density at radius 3 is 2.28 bits per heavy atom. The third kappa shape index (κ3) is 4.13. The third-order valence-corrected chi connectivity index (χ3v) is 6.84. The van der Waals surface area contributed by atoms with Crippen molar-refractivity contribution in [2.24, 2.45) is 0 Å². The zero-order chi connectivity index (χ0) is 17.9. The van der Waals surface area contributed by atoms with E-state index in [0.29, 0.717) is 51.3 Å². The first kappa shape index (κ1) is 18.2. The second-order valence-corrected chi connectivity index (χ2v) is 8.49. The average molecular weight is 367 g/mol. The number of aromatic hydroxyl groups is 1. The van der Waals surface area contributed by atoms with Crippen LogP contribution in [-0.4, -0.2) is 72.2 Å². The summed E-state index contributed by atoms with van der Waals surface area (Å²) in [7, 11) is -3.44. The summed E-state index contributed by atoms with van der Waals surface area (Å²) in [5.74, 6) is -0.122. The first-order valence-corrected chi connectivity index (χ1v) is 10.2. The molecule has 1 aromatic rings. The molecule has 2 saturated heterocycles. The highest BCUT2D eigenvalue weighted by Crippen LogP contribution is 2.19. The number of carbonyl (C=O) groups is 1. The molecule has 0 saturated carbocycles. The number of benzene rings is 1. The van der Waals surface area contributed by atoms with Crippen molar-refractivity contribution < 1.29 is 18.3 Å². The third-order valence-electron chi connectivity index (χ3n) is 4.80. The van der Waals surface area contributed by atoms with Gasteiger partial charge in [0.15, 0.2) is 0 Å². The Morgan fingerprint density at radius 2 is 1.56 bits per heavy atom. The molecule has 0 aliphatic carbocycles. The lowest BCUT2D eigenvalue weighted by molar-refractivity contribution is 0.0763. The predicted molar refractivity (Wildman–Crippen MR) is 94.5 cm³/mol. The summed E-state index contributed by atoms with van der Waals surface area (Å²) in [6.07, 6.45) is 3.51. The second kappa shape index (κ2) is 7.72. The van der Waals surface area contributed by atoms with Gasteiger partial charge >= 0.3 is 0 Å². The highest BCUT2D eigenvalue weighted by atomic mass is 32.2. The molecule has 138 valence electrons. The minimum atomic E-state index is -3.44. The topological polar surface area (TPSA) is 81.2 Å². The standard InChI is InChI=1S/C17H25N3O4S/c21-16-7-4-6-15(14-16)17(22)18-8-5-11-20(13-12-18)25(23,24)19-9-2-1-3-10-19/h4,6-7,14,21H,1-3,5,8-13H2. The molecule has 2 aliphatic rings. The molecule has 0 bridgehead atoms. The Balaban J connectivity index is 1.66. The molecule has 0 aromatic heterocycles. The molecule has 1 amide bonds. The molecular formula is C17H25N3O4S. The van der Waals surface area contributed by atoms with Crippen LogP contribution in [-0.2, 0) is 10.2 Å². The van der Waals surface area contributed by atoms with Crippen molar-refractivity contribution >= 4 is 16.1 Å². The average Bonchev–Trinajstić information content (AvgIpc) is 2.88. The maximum Gasteiger partial charge on any atom is 0.282 e. The maximum atomic E-state index is 12.8. The van der Waals surface area contributed by atoms with E-state index in [-0.39, 0.29) is 11.7 Å². The van der Waals surface area contributed by atoms with Gasteiger partial charge in [-0.05, 0) is 37.5 Å². The summed E-state index contributed by atoms with van der Waals surface area (Å²) in [5.41, 5.74) is 0.423. The fourth-order valence-electron chi connectivity index (χ4n) is 3.41. The molecule has 0 spiro atoms. The summed E-state index contributed by atoms with van der Waals surface area (Å²) >= 11 is 0. The van der Waals surface area contributed by atoms with Gasteiger partial charge in [0.05, 0.1) is 0 Å². The number of hydrogen-bond donors (Lipinski definition) is 1. The predicted octanol–water partition coefficient (Wildman–Crippen LogP) is 1.27. The Kier molecular flexibility index (Phi) is 5.61. The maximum absolute atomic E-state index is 12.8. The molecule has 0 atom stereocenters. The quantitative estimate of drug-likeness (QED) is 0.872. The SMILES string of the molecule is O=C(c1cccc(O)c1)N1CCCN(S(=O)(=O)N2CCCCC2)CC1. The molecule has 8 heteroatoms. The van der Waals surface area contributed by atoms with Crippen LogP contribution in [0.5, 0.6) is 5.75 Å². The monoisotopic (exact) mass is 367 g/mol. The normalized spacial score (nSPS) is 21.0. The summed E-state index contributed by atoms with van der Waals surface area (Å²) in [5, 5.41) is 9.55. The van der Waals surface area contributed by atoms with Crippen LogP contribution in [0, 0.1) is 0 Å². The van der Waals surface area contributed by atoms with Gasteiger partial charge in [0, 0.05) is 44.8 Å². The van der Waals surface area contributed by atoms with Crippen LogP contribution in [0.4, 0.5) is 0 Å². The van der Waals surface area contributed by atoms with E-state index in [1.807, 2.05) is 0 Å². The van der Waals surface area contributed by atoms with Crippen molar-refractivity contribution in [1.82, 2.24) is 13.5 Å². The summed E-state index contributed by atoms with van der Waals surface area (Å²) in [6.45, 7) is 2.80. The van der Waals surface area contributed by atoms with Crippen LogP contribution in [0.15, 0.2) is 24.3 Å². The number of rotatable bonds is 3. The number of carbonyl (C=O) groups excluding carboxylic acids is 1. The second-order valence-electron chi connectivity index (χ2n) is 6.56. The van der Waals surface area contributed by atoms with Crippen molar-refractivity contribution in [3.8, 4) is 5.75 Å². The highest BCUT2D eigenvalue weighted by Gasteiger charge is 2.32. The van der Waals surface area contributed by atoms with Crippen LogP contribution >= 0.6 is 0 Å². The lowest BCUT2D eigenvalue weighted by Crippen LogP contribution is -2.47. The fourth-order valence-corrected chi connectivity index (χ4v) is 5.13. The first-order chi connectivity index (χ1) is 12.0. The summed E-state index contributed by atoms with van der Waals surface area (Å²) in [6, 6.07) is 6.25. The van der Waals surface area contributed by atoms with Crippen LogP contribution in [0.25, 0.3) is 0 Å². The van der Waals surface area contributed by atoms with Gasteiger partial charge in [-0.1, -0.05) is 12.5 Å². The molecule has 2 fully saturated rings. The van der Waals surface area contributed by atoms with Crippen molar-refractivity contribution in [1.29, 1.82) is 0 Å². The molecule has 1 N–H and O–H groups in total. The number of phenolic OH excluding ortho intramolecular Hbond substituents is 1. The van der Waals surface area contributed by atoms with E-state index in [1.54, 1.807) is 21.3 Å². The number of piperidine rings is 1. The molecule has 3 rings (SSSR count). The van der Waals surface area contributed by atoms with Crippen LogP contribution in [0.3, 0.4) is 0 Å². The molecule has 2 heterocycles. The lowest BCUT2D eigenvalue weighted by Gasteiger charge is -2.31. The first-order valence-electron chi connectivity index (χ1n) is 8.82. The van der Waals surface area contributed by atoms with E-state index < -0.39 is 10.2 Å². The molecular weight excluding hydrogens is 342 g/mol. The van der Waals surface area contributed by atoms with Crippen LogP contribution < -0.4 is 0 Å². The summed E-state index contributed by atoms with van der Waals surface area (Å²) < 4.78 is 28.7. The van der Waals surface area contributed by atoms with E-state index in [2.05, 4.69) is 0 Å². The minimum Gasteiger partial charge on any atom is -0.508 e. The van der Waals surface area contributed by atoms with E-state index in [1.165, 1.54) is 16.4 Å². The van der Waals surface area contributed by atoms with Gasteiger partial charge in [-0.15, -0.1) is 0 Å². The zero-order valence-corrected chi connectivity index (χ0v) is 15.1. The van der Waals surface area contributed by atoms with Crippen LogP contribution in [0.2, 0.25) is 0 Å². The van der Waals surface area contributed by atoms with Gasteiger partial charge in [0.1, 0.15) is 5.75 Å². The number of hydrogen-bond acceptors (Lipinski definition) is 4. The van der Waals surface area contributed by atoms with Crippen molar-refractivity contribution in [2.45, 2.75) is 25.7 Å². The molecule has 2 aliphatic heterocycles. The largest absolute Gasteiger partial charge is 0.508 e. The van der Waals surface area contributed by atoms with Gasteiger partial charge in [0.25, 0.3) is 16.1 Å². The minimum absolute atomic E-state index is 0.0509. The molecule has 1 aromatic carbocycles. The van der Waals surface area contributed by atoms with Gasteiger partial charge in [-0.2, -0.15) is 17.0 Å². The lowest BCUT2D eigenvalue weighted by atomic mass is 10.2. The van der Waals surface area contributed by atoms with Gasteiger partial charge < -0.3 is 10.0 Å². The van der Waals surface area contributed by atoms with E-state index >= 15 is 0 Å².